The summed E-state index contributed by atoms with van der Waals surface area (Å²) in [5, 5.41) is 0. The summed E-state index contributed by atoms with van der Waals surface area (Å²) in [5.74, 6) is 0.886. The average molecular weight is 329 g/mol. The monoisotopic (exact) mass is 329 g/mol. The van der Waals surface area contributed by atoms with E-state index in [-0.39, 0.29) is 6.10 Å². The predicted octanol–water partition coefficient (Wildman–Crippen LogP) is 3.97. The minimum absolute atomic E-state index is 0.178. The van der Waals surface area contributed by atoms with E-state index in [1.54, 1.807) is 11.3 Å². The fourth-order valence-corrected chi connectivity index (χ4v) is 3.76. The summed E-state index contributed by atoms with van der Waals surface area (Å²) in [5.41, 5.74) is 10.4. The average Bonchev–Trinajstić information content (AvgIpc) is 2.98. The van der Waals surface area contributed by atoms with Gasteiger partial charge in [0.25, 0.3) is 0 Å². The van der Waals surface area contributed by atoms with Crippen LogP contribution in [0.25, 0.3) is 16.2 Å². The number of hydrogen-bond donors (Lipinski definition) is 1. The SMILES string of the molecule is Cc1sc2nc(-c3ccc(OC(C)C)cc3)c(CCN)n2c1C. The maximum atomic E-state index is 5.84. The van der Waals surface area contributed by atoms with Crippen LogP contribution in [0.2, 0.25) is 0 Å². The highest BCUT2D eigenvalue weighted by Gasteiger charge is 2.17. The van der Waals surface area contributed by atoms with Crippen LogP contribution in [0.1, 0.15) is 30.1 Å². The van der Waals surface area contributed by atoms with E-state index >= 15 is 0 Å². The van der Waals surface area contributed by atoms with Crippen molar-refractivity contribution >= 4 is 16.3 Å². The van der Waals surface area contributed by atoms with Crippen LogP contribution in [-0.4, -0.2) is 22.0 Å². The molecule has 0 unspecified atom stereocenters. The summed E-state index contributed by atoms with van der Waals surface area (Å²) >= 11 is 1.73. The summed E-state index contributed by atoms with van der Waals surface area (Å²) in [4.78, 5) is 7.21. The number of nitrogens with two attached hydrogens (primary N) is 1. The Balaban J connectivity index is 2.06. The fraction of sp³-hybridized carbons (Fsp3) is 0.389. The molecule has 0 bridgehead atoms. The van der Waals surface area contributed by atoms with Crippen LogP contribution in [-0.2, 0) is 6.42 Å². The maximum Gasteiger partial charge on any atom is 0.194 e. The molecule has 2 heterocycles. The first kappa shape index (κ1) is 16.0. The van der Waals surface area contributed by atoms with Gasteiger partial charge in [-0.05, 0) is 58.5 Å². The van der Waals surface area contributed by atoms with Crippen molar-refractivity contribution in [3.63, 3.8) is 0 Å². The minimum atomic E-state index is 0.178. The zero-order valence-electron chi connectivity index (χ0n) is 14.1. The van der Waals surface area contributed by atoms with Crippen LogP contribution >= 0.6 is 11.3 Å². The van der Waals surface area contributed by atoms with E-state index in [4.69, 9.17) is 15.5 Å². The number of fused-ring (bicyclic) bond motifs is 1. The van der Waals surface area contributed by atoms with Crippen LogP contribution in [0, 0.1) is 13.8 Å². The van der Waals surface area contributed by atoms with Crippen molar-refractivity contribution in [2.75, 3.05) is 6.54 Å². The lowest BCUT2D eigenvalue weighted by Gasteiger charge is -2.10. The normalized spacial score (nSPS) is 11.6. The van der Waals surface area contributed by atoms with Gasteiger partial charge in [0, 0.05) is 22.6 Å². The number of aromatic nitrogens is 2. The molecule has 1 aromatic carbocycles. The lowest BCUT2D eigenvalue weighted by Crippen LogP contribution is -2.07. The molecule has 0 fully saturated rings. The van der Waals surface area contributed by atoms with Gasteiger partial charge in [0.05, 0.1) is 17.5 Å². The first-order valence-corrected chi connectivity index (χ1v) is 8.77. The molecule has 0 radical (unpaired) electrons. The second kappa shape index (κ2) is 6.34. The molecule has 0 aliphatic rings. The van der Waals surface area contributed by atoms with Crippen molar-refractivity contribution in [1.82, 2.24) is 9.38 Å². The summed E-state index contributed by atoms with van der Waals surface area (Å²) < 4.78 is 7.97. The highest BCUT2D eigenvalue weighted by atomic mass is 32.1. The second-order valence-corrected chi connectivity index (χ2v) is 7.18. The summed E-state index contributed by atoms with van der Waals surface area (Å²) in [6, 6.07) is 8.17. The third-order valence-electron chi connectivity index (χ3n) is 3.91. The Morgan fingerprint density at radius 2 is 1.91 bits per heavy atom. The first-order chi connectivity index (χ1) is 11.0. The van der Waals surface area contributed by atoms with E-state index in [1.165, 1.54) is 16.3 Å². The summed E-state index contributed by atoms with van der Waals surface area (Å²) in [6.07, 6.45) is 0.995. The van der Waals surface area contributed by atoms with E-state index in [9.17, 15) is 0 Å². The molecule has 3 rings (SSSR count). The quantitative estimate of drug-likeness (QED) is 0.770. The van der Waals surface area contributed by atoms with Crippen molar-refractivity contribution < 1.29 is 4.74 Å². The number of rotatable bonds is 5. The van der Waals surface area contributed by atoms with E-state index < -0.39 is 0 Å². The molecule has 5 heteroatoms. The number of benzene rings is 1. The van der Waals surface area contributed by atoms with Crippen molar-refractivity contribution in [2.24, 2.45) is 5.73 Å². The van der Waals surface area contributed by atoms with Crippen molar-refractivity contribution in [3.8, 4) is 17.0 Å². The second-order valence-electron chi connectivity index (χ2n) is 6.00. The zero-order valence-corrected chi connectivity index (χ0v) is 14.9. The van der Waals surface area contributed by atoms with Gasteiger partial charge >= 0.3 is 0 Å². The Morgan fingerprint density at radius 3 is 2.52 bits per heavy atom. The van der Waals surface area contributed by atoms with Gasteiger partial charge in [-0.2, -0.15) is 0 Å². The van der Waals surface area contributed by atoms with Crippen LogP contribution in [0.15, 0.2) is 24.3 Å². The highest BCUT2D eigenvalue weighted by molar-refractivity contribution is 7.17. The van der Waals surface area contributed by atoms with Gasteiger partial charge in [0.15, 0.2) is 4.96 Å². The van der Waals surface area contributed by atoms with Crippen LogP contribution < -0.4 is 10.5 Å². The number of ether oxygens (including phenoxy) is 1. The topological polar surface area (TPSA) is 52.5 Å². The standard InChI is InChI=1S/C18H23N3OS/c1-11(2)22-15-7-5-14(6-8-15)17-16(9-10-19)21-12(3)13(4)23-18(21)20-17/h5-8,11H,9-10,19H2,1-4H3. The molecule has 23 heavy (non-hydrogen) atoms. The van der Waals surface area contributed by atoms with Gasteiger partial charge in [-0.25, -0.2) is 4.98 Å². The molecule has 0 saturated heterocycles. The Bertz CT molecular complexity index is 815. The van der Waals surface area contributed by atoms with E-state index in [0.29, 0.717) is 6.54 Å². The molecule has 0 spiro atoms. The molecule has 0 saturated carbocycles. The van der Waals surface area contributed by atoms with Gasteiger partial charge in [0.1, 0.15) is 5.75 Å². The molecule has 0 aliphatic carbocycles. The number of nitrogens with zero attached hydrogens (tertiary/aromatic N) is 2. The summed E-state index contributed by atoms with van der Waals surface area (Å²) in [7, 11) is 0. The van der Waals surface area contributed by atoms with Crippen molar-refractivity contribution in [3.05, 3.63) is 40.5 Å². The van der Waals surface area contributed by atoms with E-state index in [2.05, 4.69) is 30.4 Å². The molecule has 122 valence electrons. The Kier molecular flexibility index (Phi) is 4.41. The number of hydrogen-bond acceptors (Lipinski definition) is 4. The van der Waals surface area contributed by atoms with Crippen LogP contribution in [0.5, 0.6) is 5.75 Å². The van der Waals surface area contributed by atoms with E-state index in [1.807, 2.05) is 26.0 Å². The third kappa shape index (κ3) is 2.99. The maximum absolute atomic E-state index is 5.84. The van der Waals surface area contributed by atoms with Crippen molar-refractivity contribution in [2.45, 2.75) is 40.2 Å². The number of thiazole rings is 1. The lowest BCUT2D eigenvalue weighted by atomic mass is 10.1. The van der Waals surface area contributed by atoms with Gasteiger partial charge in [-0.15, -0.1) is 11.3 Å². The fourth-order valence-electron chi connectivity index (χ4n) is 2.78. The molecule has 2 aromatic heterocycles. The summed E-state index contributed by atoms with van der Waals surface area (Å²) in [6.45, 7) is 8.95. The Morgan fingerprint density at radius 1 is 1.22 bits per heavy atom. The van der Waals surface area contributed by atoms with Crippen LogP contribution in [0.3, 0.4) is 0 Å². The molecule has 0 amide bonds. The minimum Gasteiger partial charge on any atom is -0.491 e. The van der Waals surface area contributed by atoms with Crippen LogP contribution in [0.4, 0.5) is 0 Å². The zero-order chi connectivity index (χ0) is 16.6. The first-order valence-electron chi connectivity index (χ1n) is 7.95. The molecular weight excluding hydrogens is 306 g/mol. The Hall–Kier alpha value is -1.85. The molecular formula is C18H23N3OS. The largest absolute Gasteiger partial charge is 0.491 e. The van der Waals surface area contributed by atoms with Gasteiger partial charge < -0.3 is 10.5 Å². The smallest absolute Gasteiger partial charge is 0.194 e. The molecule has 0 aliphatic heterocycles. The molecule has 4 nitrogen and oxygen atoms in total. The van der Waals surface area contributed by atoms with Crippen molar-refractivity contribution in [1.29, 1.82) is 0 Å². The molecule has 3 aromatic rings. The lowest BCUT2D eigenvalue weighted by molar-refractivity contribution is 0.242. The number of aryl methyl sites for hydroxylation is 2. The Labute approximate surface area is 140 Å². The van der Waals surface area contributed by atoms with Gasteiger partial charge in [-0.3, -0.25) is 4.40 Å². The van der Waals surface area contributed by atoms with E-state index in [0.717, 1.165) is 28.4 Å². The number of imidazole rings is 1. The predicted molar refractivity (Wildman–Crippen MR) is 96.5 cm³/mol. The highest BCUT2D eigenvalue weighted by Crippen LogP contribution is 2.31. The molecule has 2 N–H and O–H groups in total. The molecule has 0 atom stereocenters. The van der Waals surface area contributed by atoms with Gasteiger partial charge in [-0.1, -0.05) is 0 Å². The third-order valence-corrected chi connectivity index (χ3v) is 4.97. The van der Waals surface area contributed by atoms with Gasteiger partial charge in [0.2, 0.25) is 0 Å².